The Morgan fingerprint density at radius 1 is 1.06 bits per heavy atom. The van der Waals surface area contributed by atoms with Crippen LogP contribution in [0.2, 0.25) is 5.02 Å². The van der Waals surface area contributed by atoms with Crippen LogP contribution in [0.15, 0.2) is 72.3 Å². The summed E-state index contributed by atoms with van der Waals surface area (Å²) in [5, 5.41) is 13.4. The topological polar surface area (TPSA) is 119 Å². The number of nitro groups is 1. The summed E-state index contributed by atoms with van der Waals surface area (Å²) < 4.78 is 19.2. The monoisotopic (exact) mass is 495 g/mol. The number of anilines is 1. The molecule has 1 saturated heterocycles. The maximum atomic E-state index is 13.5. The second-order valence-corrected chi connectivity index (χ2v) is 7.77. The summed E-state index contributed by atoms with van der Waals surface area (Å²) in [6, 6.07) is 14.1. The molecule has 9 nitrogen and oxygen atoms in total. The summed E-state index contributed by atoms with van der Waals surface area (Å²) in [6.07, 6.45) is 1.20. The third-order valence-corrected chi connectivity index (χ3v) is 5.19. The molecule has 35 heavy (non-hydrogen) atoms. The van der Waals surface area contributed by atoms with Gasteiger partial charge in [0.1, 0.15) is 23.7 Å². The number of carbonyl (C=O) groups is 3. The van der Waals surface area contributed by atoms with Gasteiger partial charge < -0.3 is 4.74 Å². The molecule has 0 radical (unpaired) electrons. The van der Waals surface area contributed by atoms with Crippen molar-refractivity contribution in [3.63, 3.8) is 0 Å². The maximum Gasteiger partial charge on any atom is 0.335 e. The van der Waals surface area contributed by atoms with E-state index in [4.69, 9.17) is 16.3 Å². The fourth-order valence-electron chi connectivity index (χ4n) is 3.34. The van der Waals surface area contributed by atoms with Gasteiger partial charge in [0.15, 0.2) is 0 Å². The number of non-ortho nitro benzene ring substituents is 1. The van der Waals surface area contributed by atoms with Gasteiger partial charge >= 0.3 is 6.03 Å². The lowest BCUT2D eigenvalue weighted by Gasteiger charge is -2.26. The lowest BCUT2D eigenvalue weighted by Crippen LogP contribution is -2.54. The highest BCUT2D eigenvalue weighted by molar-refractivity contribution is 6.39. The van der Waals surface area contributed by atoms with E-state index in [9.17, 15) is 28.9 Å². The van der Waals surface area contributed by atoms with Crippen molar-refractivity contribution < 1.29 is 28.4 Å². The van der Waals surface area contributed by atoms with Gasteiger partial charge in [-0.2, -0.15) is 0 Å². The molecule has 3 aromatic carbocycles. The number of amides is 4. The molecule has 0 bridgehead atoms. The van der Waals surface area contributed by atoms with Crippen LogP contribution in [0.3, 0.4) is 0 Å². The van der Waals surface area contributed by atoms with E-state index in [0.717, 1.165) is 6.07 Å². The molecule has 0 aromatic heterocycles. The van der Waals surface area contributed by atoms with Crippen molar-refractivity contribution in [3.05, 3.63) is 104 Å². The Morgan fingerprint density at radius 3 is 2.57 bits per heavy atom. The number of barbiturate groups is 1. The molecule has 0 spiro atoms. The van der Waals surface area contributed by atoms with Crippen molar-refractivity contribution in [1.29, 1.82) is 0 Å². The van der Waals surface area contributed by atoms with E-state index in [-0.39, 0.29) is 34.3 Å². The number of benzene rings is 3. The minimum absolute atomic E-state index is 0.00595. The van der Waals surface area contributed by atoms with Gasteiger partial charge in [-0.1, -0.05) is 29.8 Å². The summed E-state index contributed by atoms with van der Waals surface area (Å²) in [4.78, 5) is 49.1. The molecule has 3 aromatic rings. The van der Waals surface area contributed by atoms with Crippen molar-refractivity contribution in [2.24, 2.45) is 0 Å². The van der Waals surface area contributed by atoms with Crippen LogP contribution in [0.1, 0.15) is 11.1 Å². The van der Waals surface area contributed by atoms with Gasteiger partial charge in [-0.3, -0.25) is 25.0 Å². The van der Waals surface area contributed by atoms with Gasteiger partial charge in [-0.15, -0.1) is 0 Å². The molecular formula is C24H15ClFN3O6. The number of hydrogen-bond donors (Lipinski definition) is 1. The van der Waals surface area contributed by atoms with Crippen molar-refractivity contribution >= 4 is 46.9 Å². The molecule has 0 unspecified atom stereocenters. The number of rotatable bonds is 6. The van der Waals surface area contributed by atoms with Gasteiger partial charge in [-0.05, 0) is 48.0 Å². The Bertz CT molecular complexity index is 1410. The smallest absolute Gasteiger partial charge is 0.335 e. The zero-order chi connectivity index (χ0) is 25.1. The number of nitrogens with zero attached hydrogens (tertiary/aromatic N) is 2. The highest BCUT2D eigenvalue weighted by atomic mass is 35.5. The van der Waals surface area contributed by atoms with Crippen molar-refractivity contribution in [3.8, 4) is 5.75 Å². The van der Waals surface area contributed by atoms with Crippen molar-refractivity contribution in [2.75, 3.05) is 4.90 Å². The van der Waals surface area contributed by atoms with Crippen LogP contribution < -0.4 is 15.0 Å². The number of nitrogens with one attached hydrogen (secondary N) is 1. The second-order valence-electron chi connectivity index (χ2n) is 7.34. The number of urea groups is 1. The Kier molecular flexibility index (Phi) is 6.56. The summed E-state index contributed by atoms with van der Waals surface area (Å²) in [7, 11) is 0. The van der Waals surface area contributed by atoms with Crippen LogP contribution in [0, 0.1) is 15.9 Å². The first kappa shape index (κ1) is 23.6. The van der Waals surface area contributed by atoms with Crippen LogP contribution >= 0.6 is 11.6 Å². The second kappa shape index (κ2) is 9.74. The molecule has 4 amide bonds. The average molecular weight is 496 g/mol. The molecule has 11 heteroatoms. The highest BCUT2D eigenvalue weighted by Crippen LogP contribution is 2.29. The fourth-order valence-corrected chi connectivity index (χ4v) is 3.53. The van der Waals surface area contributed by atoms with Crippen LogP contribution in [0.25, 0.3) is 6.08 Å². The SMILES string of the molecule is O=C1NC(=O)N(c2cccc([N+](=O)[O-])c2)C(=O)C1=Cc1cc(Cl)ccc1OCc1cccc(F)c1. The maximum absolute atomic E-state index is 13.5. The normalized spacial score (nSPS) is 14.7. The van der Waals surface area contributed by atoms with E-state index >= 15 is 0 Å². The van der Waals surface area contributed by atoms with Crippen LogP contribution in [0.4, 0.5) is 20.6 Å². The molecule has 1 N–H and O–H groups in total. The van der Waals surface area contributed by atoms with E-state index in [1.807, 2.05) is 5.32 Å². The Morgan fingerprint density at radius 2 is 1.83 bits per heavy atom. The van der Waals surface area contributed by atoms with E-state index in [2.05, 4.69) is 0 Å². The Balaban J connectivity index is 1.68. The number of halogens is 2. The first-order chi connectivity index (χ1) is 16.7. The van der Waals surface area contributed by atoms with Gasteiger partial charge in [0, 0.05) is 22.7 Å². The van der Waals surface area contributed by atoms with Crippen molar-refractivity contribution in [2.45, 2.75) is 6.61 Å². The molecule has 1 fully saturated rings. The van der Waals surface area contributed by atoms with E-state index < -0.39 is 34.2 Å². The molecule has 0 atom stereocenters. The zero-order valence-electron chi connectivity index (χ0n) is 17.7. The quantitative estimate of drug-likeness (QED) is 0.230. The highest BCUT2D eigenvalue weighted by Gasteiger charge is 2.37. The lowest BCUT2D eigenvalue weighted by molar-refractivity contribution is -0.384. The summed E-state index contributed by atoms with van der Waals surface area (Å²) >= 11 is 6.09. The van der Waals surface area contributed by atoms with Gasteiger partial charge in [0.25, 0.3) is 17.5 Å². The number of carbonyl (C=O) groups excluding carboxylic acids is 3. The van der Waals surface area contributed by atoms with Gasteiger partial charge in [0.2, 0.25) is 0 Å². The predicted molar refractivity (Wildman–Crippen MR) is 124 cm³/mol. The number of nitro benzene ring substituents is 1. The van der Waals surface area contributed by atoms with E-state index in [1.165, 1.54) is 60.7 Å². The minimum atomic E-state index is -1.05. The van der Waals surface area contributed by atoms with E-state index in [1.54, 1.807) is 6.07 Å². The van der Waals surface area contributed by atoms with Gasteiger partial charge in [-0.25, -0.2) is 14.1 Å². The van der Waals surface area contributed by atoms with Crippen LogP contribution in [-0.4, -0.2) is 22.8 Å². The fraction of sp³-hybridized carbons (Fsp3) is 0.0417. The summed E-state index contributed by atoms with van der Waals surface area (Å²) in [5.41, 5.74) is -0.0515. The lowest BCUT2D eigenvalue weighted by atomic mass is 10.1. The van der Waals surface area contributed by atoms with Crippen LogP contribution in [0.5, 0.6) is 5.75 Å². The standard InChI is InChI=1S/C24H15ClFN3O6/c25-16-7-8-21(35-13-14-3-1-4-17(26)9-14)15(10-16)11-20-22(30)27-24(32)28(23(20)31)18-5-2-6-19(12-18)29(33)34/h1-12H,13H2,(H,27,30,32). The Labute approximate surface area is 202 Å². The molecule has 0 aliphatic carbocycles. The first-order valence-electron chi connectivity index (χ1n) is 10.1. The molecule has 4 rings (SSSR count). The molecule has 0 saturated carbocycles. The largest absolute Gasteiger partial charge is 0.488 e. The van der Waals surface area contributed by atoms with Crippen molar-refractivity contribution in [1.82, 2.24) is 5.32 Å². The predicted octanol–water partition coefficient (Wildman–Crippen LogP) is 4.63. The molecule has 1 aliphatic rings. The van der Waals surface area contributed by atoms with Gasteiger partial charge in [0.05, 0.1) is 10.6 Å². The molecular weight excluding hydrogens is 481 g/mol. The molecule has 1 aliphatic heterocycles. The average Bonchev–Trinajstić information content (AvgIpc) is 2.81. The zero-order valence-corrected chi connectivity index (χ0v) is 18.5. The third-order valence-electron chi connectivity index (χ3n) is 4.96. The summed E-state index contributed by atoms with van der Waals surface area (Å²) in [5.74, 6) is -2.14. The minimum Gasteiger partial charge on any atom is -0.488 e. The van der Waals surface area contributed by atoms with E-state index in [0.29, 0.717) is 10.5 Å². The third kappa shape index (κ3) is 5.17. The first-order valence-corrected chi connectivity index (χ1v) is 10.4. The molecule has 176 valence electrons. The van der Waals surface area contributed by atoms with Crippen LogP contribution in [-0.2, 0) is 16.2 Å². The summed E-state index contributed by atoms with van der Waals surface area (Å²) in [6.45, 7) is -0.00595. The number of imide groups is 2. The number of ether oxygens (including phenoxy) is 1. The Hall–Kier alpha value is -4.57. The molecule has 1 heterocycles. The number of hydrogen-bond acceptors (Lipinski definition) is 6.